The van der Waals surface area contributed by atoms with Crippen LogP contribution >= 0.6 is 0 Å². The van der Waals surface area contributed by atoms with E-state index in [1.54, 1.807) is 25.1 Å². The molecule has 0 unspecified atom stereocenters. The summed E-state index contributed by atoms with van der Waals surface area (Å²) < 4.78 is 0. The van der Waals surface area contributed by atoms with Crippen molar-refractivity contribution in [3.8, 4) is 0 Å². The van der Waals surface area contributed by atoms with Gasteiger partial charge in [0.15, 0.2) is 0 Å². The normalized spacial score (nSPS) is 12.9. The molecule has 0 radical (unpaired) electrons. The van der Waals surface area contributed by atoms with Crippen LogP contribution in [-0.4, -0.2) is 50.1 Å². The van der Waals surface area contributed by atoms with Gasteiger partial charge in [0.1, 0.15) is 12.7 Å². The number of hydrogen-bond donors (Lipinski definition) is 0. The van der Waals surface area contributed by atoms with Crippen LogP contribution in [0.1, 0.15) is 0 Å². The molecular weight excluding hydrogens is 275 g/mol. The average molecular weight is 283 g/mol. The van der Waals surface area contributed by atoms with Crippen molar-refractivity contribution in [2.75, 3.05) is 13.1 Å². The minimum absolute atomic E-state index is 0. The molecule has 0 atom stereocenters. The molecule has 0 N–H and O–H groups in total. The van der Waals surface area contributed by atoms with Crippen LogP contribution in [0.5, 0.6) is 0 Å². The molecule has 9 heteroatoms. The van der Waals surface area contributed by atoms with Gasteiger partial charge in [-0.25, -0.2) is 9.98 Å². The molecular formula is C8H8N4NiO4. The summed E-state index contributed by atoms with van der Waals surface area (Å²) in [5, 5.41) is 17.9. The van der Waals surface area contributed by atoms with Gasteiger partial charge in [0.05, 0.1) is 25.0 Å². The fourth-order valence-electron chi connectivity index (χ4n) is 0.471. The third-order valence-corrected chi connectivity index (χ3v) is 1.05. The first-order valence-electron chi connectivity index (χ1n) is 4.06. The SMILES string of the molecule is C1=NC=NC1.C1=NC=NC1.O=C([O-])C(=O)[O-].[Ni+2]. The number of carbonyl (C=O) groups excluding carboxylic acids is 2. The Morgan fingerprint density at radius 2 is 1.24 bits per heavy atom. The number of rotatable bonds is 0. The van der Waals surface area contributed by atoms with Gasteiger partial charge < -0.3 is 19.8 Å². The van der Waals surface area contributed by atoms with Crippen LogP contribution in [0.4, 0.5) is 0 Å². The van der Waals surface area contributed by atoms with E-state index in [9.17, 15) is 0 Å². The summed E-state index contributed by atoms with van der Waals surface area (Å²) in [6, 6.07) is 0. The Hall–Kier alpha value is -1.89. The van der Waals surface area contributed by atoms with Gasteiger partial charge in [-0.2, -0.15) is 0 Å². The topological polar surface area (TPSA) is 130 Å². The molecule has 17 heavy (non-hydrogen) atoms. The quantitative estimate of drug-likeness (QED) is 0.340. The second-order valence-corrected chi connectivity index (χ2v) is 2.20. The molecule has 0 aromatic carbocycles. The maximum atomic E-state index is 8.93. The Kier molecular flexibility index (Phi) is 12.5. The molecule has 94 valence electrons. The third-order valence-electron chi connectivity index (χ3n) is 1.05. The molecule has 0 aliphatic carbocycles. The standard InChI is InChI=1S/2C3H4N2.C2H2O4.Ni/c2*1-2-5-3-4-1;3-1(4)2(5)6;/h2*1,3H,2H2;(H,3,4)(H,5,6);/q;;;+2/p-2. The van der Waals surface area contributed by atoms with Crippen molar-refractivity contribution in [1.29, 1.82) is 0 Å². The third kappa shape index (κ3) is 14.1. The number of carboxylic acids is 2. The number of aliphatic carboxylic acids is 2. The van der Waals surface area contributed by atoms with E-state index in [0.29, 0.717) is 0 Å². The van der Waals surface area contributed by atoms with Crippen molar-refractivity contribution < 1.29 is 36.3 Å². The Morgan fingerprint density at radius 3 is 1.29 bits per heavy atom. The average Bonchev–Trinajstić information content (AvgIpc) is 2.97. The summed E-state index contributed by atoms with van der Waals surface area (Å²) >= 11 is 0. The fraction of sp³-hybridized carbons (Fsp3) is 0.250. The van der Waals surface area contributed by atoms with Gasteiger partial charge in [0.25, 0.3) is 0 Å². The van der Waals surface area contributed by atoms with Crippen molar-refractivity contribution in [2.45, 2.75) is 0 Å². The number of carboxylic acid groups (broad SMARTS) is 2. The van der Waals surface area contributed by atoms with E-state index in [1.807, 2.05) is 0 Å². The minimum Gasteiger partial charge on any atom is -0.543 e. The molecule has 2 heterocycles. The number of hydrogen-bond acceptors (Lipinski definition) is 8. The summed E-state index contributed by atoms with van der Waals surface area (Å²) in [7, 11) is 0. The first-order chi connectivity index (χ1) is 7.64. The monoisotopic (exact) mass is 282 g/mol. The molecule has 2 aliphatic heterocycles. The van der Waals surface area contributed by atoms with Crippen molar-refractivity contribution in [3.63, 3.8) is 0 Å². The molecule has 0 saturated heterocycles. The van der Waals surface area contributed by atoms with Crippen LogP contribution in [0.2, 0.25) is 0 Å². The molecule has 0 spiro atoms. The van der Waals surface area contributed by atoms with Crippen LogP contribution < -0.4 is 10.2 Å². The van der Waals surface area contributed by atoms with Crippen LogP contribution in [0.3, 0.4) is 0 Å². The summed E-state index contributed by atoms with van der Waals surface area (Å²) in [5.74, 6) is -4.37. The number of nitrogens with zero attached hydrogens (tertiary/aromatic N) is 4. The Balaban J connectivity index is 0. The van der Waals surface area contributed by atoms with Crippen molar-refractivity contribution in [1.82, 2.24) is 0 Å². The van der Waals surface area contributed by atoms with E-state index in [1.165, 1.54) is 0 Å². The molecule has 2 aliphatic rings. The predicted octanol–water partition coefficient (Wildman–Crippen LogP) is -3.32. The van der Waals surface area contributed by atoms with E-state index >= 15 is 0 Å². The second kappa shape index (κ2) is 12.2. The molecule has 2 rings (SSSR count). The summed E-state index contributed by atoms with van der Waals surface area (Å²) in [6.07, 6.45) is 6.64. The molecule has 0 bridgehead atoms. The van der Waals surface area contributed by atoms with E-state index in [0.717, 1.165) is 13.1 Å². The summed E-state index contributed by atoms with van der Waals surface area (Å²) in [5.41, 5.74) is 0. The summed E-state index contributed by atoms with van der Waals surface area (Å²) in [4.78, 5) is 32.7. The smallest absolute Gasteiger partial charge is 0.543 e. The van der Waals surface area contributed by atoms with Crippen LogP contribution in [0.15, 0.2) is 20.0 Å². The number of aliphatic imine (C=N–C) groups is 4. The zero-order valence-corrected chi connectivity index (χ0v) is 9.45. The molecule has 0 aromatic heterocycles. The first-order valence-corrected chi connectivity index (χ1v) is 4.06. The minimum atomic E-state index is -2.19. The zero-order chi connectivity index (χ0) is 12.2. The fourth-order valence-corrected chi connectivity index (χ4v) is 0.471. The van der Waals surface area contributed by atoms with Crippen LogP contribution in [0, 0.1) is 0 Å². The van der Waals surface area contributed by atoms with Gasteiger partial charge in [-0.05, 0) is 0 Å². The first kappa shape index (κ1) is 17.5. The Bertz CT molecular complexity index is 297. The number of carbonyl (C=O) groups is 2. The predicted molar refractivity (Wildman–Crippen MR) is 53.7 cm³/mol. The van der Waals surface area contributed by atoms with E-state index in [2.05, 4.69) is 20.0 Å². The van der Waals surface area contributed by atoms with Gasteiger partial charge in [-0.1, -0.05) is 0 Å². The van der Waals surface area contributed by atoms with E-state index in [-0.39, 0.29) is 16.5 Å². The zero-order valence-electron chi connectivity index (χ0n) is 8.46. The molecule has 0 fully saturated rings. The Labute approximate surface area is 107 Å². The van der Waals surface area contributed by atoms with Gasteiger partial charge in [-0.3, -0.25) is 9.98 Å². The molecule has 0 aromatic rings. The van der Waals surface area contributed by atoms with Crippen LogP contribution in [0.25, 0.3) is 0 Å². The Morgan fingerprint density at radius 1 is 0.882 bits per heavy atom. The molecule has 0 saturated carbocycles. The molecule has 0 amide bonds. The van der Waals surface area contributed by atoms with Crippen molar-refractivity contribution in [3.05, 3.63) is 0 Å². The van der Waals surface area contributed by atoms with Gasteiger partial charge in [0, 0.05) is 12.4 Å². The van der Waals surface area contributed by atoms with E-state index in [4.69, 9.17) is 19.8 Å². The largest absolute Gasteiger partial charge is 2.00 e. The summed E-state index contributed by atoms with van der Waals surface area (Å²) in [6.45, 7) is 1.56. The van der Waals surface area contributed by atoms with Gasteiger partial charge in [-0.15, -0.1) is 0 Å². The van der Waals surface area contributed by atoms with E-state index < -0.39 is 11.9 Å². The maximum Gasteiger partial charge on any atom is 2.00 e. The van der Waals surface area contributed by atoms with Gasteiger partial charge >= 0.3 is 16.5 Å². The van der Waals surface area contributed by atoms with Crippen molar-refractivity contribution in [2.24, 2.45) is 20.0 Å². The molecule has 8 nitrogen and oxygen atoms in total. The second-order valence-electron chi connectivity index (χ2n) is 2.20. The maximum absolute atomic E-state index is 8.93. The van der Waals surface area contributed by atoms with Crippen molar-refractivity contribution >= 4 is 37.0 Å². The van der Waals surface area contributed by atoms with Crippen LogP contribution in [-0.2, 0) is 26.1 Å². The van der Waals surface area contributed by atoms with Gasteiger partial charge in [0.2, 0.25) is 0 Å².